The molecule has 0 aliphatic carbocycles. The number of nitrogens with one attached hydrogen (secondary N) is 1. The molecular formula is C19H22N2O5S. The fourth-order valence-corrected chi connectivity index (χ4v) is 3.21. The molecule has 2 rings (SSSR count). The second-order valence-corrected chi connectivity index (χ2v) is 6.51. The summed E-state index contributed by atoms with van der Waals surface area (Å²) in [6, 6.07) is 4.53. The summed E-state index contributed by atoms with van der Waals surface area (Å²) in [5.41, 5.74) is 1.43. The van der Waals surface area contributed by atoms with Crippen LogP contribution in [0.25, 0.3) is 10.6 Å². The van der Waals surface area contributed by atoms with Crippen LogP contribution in [0.5, 0.6) is 11.5 Å². The molecule has 0 saturated heterocycles. The van der Waals surface area contributed by atoms with E-state index in [1.54, 1.807) is 44.7 Å². The Morgan fingerprint density at radius 1 is 1.30 bits per heavy atom. The molecule has 8 heteroatoms. The lowest BCUT2D eigenvalue weighted by atomic mass is 10.2. The first-order valence-corrected chi connectivity index (χ1v) is 9.16. The summed E-state index contributed by atoms with van der Waals surface area (Å²) in [5, 5.41) is 14.2. The molecule has 144 valence electrons. The maximum atomic E-state index is 12.1. The number of carboxylic acid groups (broad SMARTS) is 1. The number of amides is 1. The number of carbonyl (C=O) groups excluding carboxylic acids is 1. The van der Waals surface area contributed by atoms with Crippen molar-refractivity contribution in [3.63, 3.8) is 0 Å². The molecule has 1 aromatic heterocycles. The number of rotatable bonds is 9. The highest BCUT2D eigenvalue weighted by atomic mass is 32.1. The molecule has 0 aliphatic heterocycles. The summed E-state index contributed by atoms with van der Waals surface area (Å²) in [6.45, 7) is 1.80. The average molecular weight is 390 g/mol. The van der Waals surface area contributed by atoms with Gasteiger partial charge in [0.25, 0.3) is 0 Å². The van der Waals surface area contributed by atoms with Gasteiger partial charge in [-0.2, -0.15) is 0 Å². The summed E-state index contributed by atoms with van der Waals surface area (Å²) >= 11 is 1.40. The van der Waals surface area contributed by atoms with Gasteiger partial charge in [0, 0.05) is 10.9 Å². The van der Waals surface area contributed by atoms with E-state index in [0.717, 1.165) is 10.6 Å². The van der Waals surface area contributed by atoms with Gasteiger partial charge in [0.2, 0.25) is 5.91 Å². The topological polar surface area (TPSA) is 97.8 Å². The number of benzene rings is 1. The molecule has 7 nitrogen and oxygen atoms in total. The monoisotopic (exact) mass is 390 g/mol. The van der Waals surface area contributed by atoms with Gasteiger partial charge in [0.15, 0.2) is 11.5 Å². The molecule has 2 N–H and O–H groups in total. The molecule has 1 aromatic carbocycles. The Balaban J connectivity index is 2.07. The minimum absolute atomic E-state index is 0.0173. The van der Waals surface area contributed by atoms with Crippen molar-refractivity contribution >= 4 is 23.2 Å². The zero-order chi connectivity index (χ0) is 19.8. The Morgan fingerprint density at radius 3 is 2.67 bits per heavy atom. The smallest absolute Gasteiger partial charge is 0.326 e. The van der Waals surface area contributed by atoms with Gasteiger partial charge < -0.3 is 19.9 Å². The van der Waals surface area contributed by atoms with Crippen molar-refractivity contribution in [1.82, 2.24) is 10.3 Å². The molecule has 0 radical (unpaired) electrons. The molecule has 0 fully saturated rings. The first kappa shape index (κ1) is 20.4. The molecule has 1 atom stereocenters. The van der Waals surface area contributed by atoms with Crippen molar-refractivity contribution in [2.75, 3.05) is 14.2 Å². The second-order valence-electron chi connectivity index (χ2n) is 5.65. The van der Waals surface area contributed by atoms with Gasteiger partial charge in [-0.3, -0.25) is 4.79 Å². The highest BCUT2D eigenvalue weighted by molar-refractivity contribution is 7.13. The van der Waals surface area contributed by atoms with Crippen molar-refractivity contribution in [2.24, 2.45) is 0 Å². The normalized spacial score (nSPS) is 12.0. The van der Waals surface area contributed by atoms with E-state index in [4.69, 9.17) is 9.47 Å². The number of aromatic nitrogens is 1. The van der Waals surface area contributed by atoms with Crippen molar-refractivity contribution in [1.29, 1.82) is 0 Å². The van der Waals surface area contributed by atoms with Gasteiger partial charge in [-0.1, -0.05) is 12.2 Å². The third kappa shape index (κ3) is 5.55. The Morgan fingerprint density at radius 2 is 2.04 bits per heavy atom. The molecule has 1 unspecified atom stereocenters. The van der Waals surface area contributed by atoms with E-state index < -0.39 is 12.0 Å². The van der Waals surface area contributed by atoms with Crippen molar-refractivity contribution in [3.05, 3.63) is 41.4 Å². The average Bonchev–Trinajstić information content (AvgIpc) is 3.12. The lowest BCUT2D eigenvalue weighted by Gasteiger charge is -2.11. The van der Waals surface area contributed by atoms with Crippen LogP contribution in [0, 0.1) is 0 Å². The minimum atomic E-state index is -1.06. The maximum absolute atomic E-state index is 12.1. The summed E-state index contributed by atoms with van der Waals surface area (Å²) in [6.07, 6.45) is 3.71. The van der Waals surface area contributed by atoms with E-state index in [0.29, 0.717) is 17.2 Å². The number of ether oxygens (including phenoxy) is 2. The number of nitrogens with zero attached hydrogens (tertiary/aromatic N) is 1. The van der Waals surface area contributed by atoms with Crippen LogP contribution in [0.2, 0.25) is 0 Å². The molecule has 1 amide bonds. The van der Waals surface area contributed by atoms with E-state index in [-0.39, 0.29) is 18.7 Å². The van der Waals surface area contributed by atoms with E-state index in [2.05, 4.69) is 10.3 Å². The molecule has 0 spiro atoms. The molecule has 27 heavy (non-hydrogen) atoms. The van der Waals surface area contributed by atoms with Crippen LogP contribution in [0.4, 0.5) is 0 Å². The van der Waals surface area contributed by atoms with Crippen molar-refractivity contribution in [2.45, 2.75) is 25.8 Å². The Hall–Kier alpha value is -2.87. The highest BCUT2D eigenvalue weighted by Gasteiger charge is 2.19. The number of aliphatic carboxylic acids is 1. The lowest BCUT2D eigenvalue weighted by Crippen LogP contribution is -2.41. The first-order valence-electron chi connectivity index (χ1n) is 8.28. The van der Waals surface area contributed by atoms with Gasteiger partial charge in [0.05, 0.1) is 26.3 Å². The number of carbonyl (C=O) groups is 2. The molecule has 0 aliphatic rings. The Labute approximate surface area is 161 Å². The third-order valence-corrected chi connectivity index (χ3v) is 4.70. The van der Waals surface area contributed by atoms with E-state index >= 15 is 0 Å². The van der Waals surface area contributed by atoms with Crippen LogP contribution < -0.4 is 14.8 Å². The zero-order valence-electron chi connectivity index (χ0n) is 15.4. The van der Waals surface area contributed by atoms with Crippen LogP contribution in [-0.2, 0) is 16.0 Å². The number of thiazole rings is 1. The lowest BCUT2D eigenvalue weighted by molar-refractivity contribution is -0.141. The molecule has 2 aromatic rings. The van der Waals surface area contributed by atoms with Gasteiger partial charge in [0.1, 0.15) is 11.0 Å². The number of hydrogen-bond donors (Lipinski definition) is 2. The number of carboxylic acids is 1. The fraction of sp³-hybridized carbons (Fsp3) is 0.316. The summed E-state index contributed by atoms with van der Waals surface area (Å²) in [5.74, 6) is -0.224. The summed E-state index contributed by atoms with van der Waals surface area (Å²) in [4.78, 5) is 27.8. The van der Waals surface area contributed by atoms with E-state index in [9.17, 15) is 14.7 Å². The number of allylic oxidation sites excluding steroid dienone is 1. The van der Waals surface area contributed by atoms with E-state index in [1.165, 1.54) is 11.3 Å². The first-order chi connectivity index (χ1) is 13.0. The van der Waals surface area contributed by atoms with E-state index in [1.807, 2.05) is 12.1 Å². The van der Waals surface area contributed by atoms with Crippen LogP contribution in [0.3, 0.4) is 0 Å². The van der Waals surface area contributed by atoms with Crippen molar-refractivity contribution < 1.29 is 24.2 Å². The predicted octanol–water partition coefficient (Wildman–Crippen LogP) is 2.91. The van der Waals surface area contributed by atoms with Crippen LogP contribution in [0.1, 0.15) is 19.0 Å². The summed E-state index contributed by atoms with van der Waals surface area (Å²) < 4.78 is 10.5. The van der Waals surface area contributed by atoms with Gasteiger partial charge in [-0.05, 0) is 31.5 Å². The minimum Gasteiger partial charge on any atom is -0.493 e. The van der Waals surface area contributed by atoms with Gasteiger partial charge in [-0.15, -0.1) is 11.3 Å². The zero-order valence-corrected chi connectivity index (χ0v) is 16.2. The van der Waals surface area contributed by atoms with Crippen LogP contribution in [0.15, 0.2) is 35.7 Å². The SMILES string of the molecule is C/C=C/CC(NC(=O)Cc1csc(-c2ccc(OC)c(OC)c2)n1)C(=O)O. The third-order valence-electron chi connectivity index (χ3n) is 3.76. The Kier molecular flexibility index (Phi) is 7.36. The van der Waals surface area contributed by atoms with Crippen molar-refractivity contribution in [3.8, 4) is 22.1 Å². The highest BCUT2D eigenvalue weighted by Crippen LogP contribution is 2.33. The maximum Gasteiger partial charge on any atom is 0.326 e. The second kappa shape index (κ2) is 9.72. The predicted molar refractivity (Wildman–Crippen MR) is 103 cm³/mol. The standard InChI is InChI=1S/C19H22N2O5S/c1-4-5-6-14(19(23)24)21-17(22)10-13-11-27-18(20-13)12-7-8-15(25-2)16(9-12)26-3/h4-5,7-9,11,14H,6,10H2,1-3H3,(H,21,22)(H,23,24)/b5-4+. The van der Waals surface area contributed by atoms with Gasteiger partial charge >= 0.3 is 5.97 Å². The molecule has 0 saturated carbocycles. The summed E-state index contributed by atoms with van der Waals surface area (Å²) in [7, 11) is 3.13. The molecular weight excluding hydrogens is 368 g/mol. The number of methoxy groups -OCH3 is 2. The number of hydrogen-bond acceptors (Lipinski definition) is 6. The quantitative estimate of drug-likeness (QED) is 0.639. The van der Waals surface area contributed by atoms with Crippen LogP contribution >= 0.6 is 11.3 Å². The van der Waals surface area contributed by atoms with Crippen LogP contribution in [-0.4, -0.2) is 42.2 Å². The van der Waals surface area contributed by atoms with Gasteiger partial charge in [-0.25, -0.2) is 9.78 Å². The molecule has 1 heterocycles. The fourth-order valence-electron chi connectivity index (χ4n) is 2.39. The Bertz CT molecular complexity index is 831. The largest absolute Gasteiger partial charge is 0.493 e. The molecule has 0 bridgehead atoms.